The van der Waals surface area contributed by atoms with Crippen molar-refractivity contribution in [3.8, 4) is 22.8 Å². The van der Waals surface area contributed by atoms with E-state index in [1.165, 1.54) is 11.8 Å². The van der Waals surface area contributed by atoms with Crippen molar-refractivity contribution in [2.45, 2.75) is 11.3 Å². The lowest BCUT2D eigenvalue weighted by Gasteiger charge is -2.26. The highest BCUT2D eigenvalue weighted by Gasteiger charge is 2.21. The highest BCUT2D eigenvalue weighted by molar-refractivity contribution is 9.10. The third kappa shape index (κ3) is 4.69. The molecule has 28 heavy (non-hydrogen) atoms. The summed E-state index contributed by atoms with van der Waals surface area (Å²) in [7, 11) is 0. The maximum absolute atomic E-state index is 12.1. The number of halogens is 1. The molecule has 144 valence electrons. The van der Waals surface area contributed by atoms with Crippen LogP contribution in [0.3, 0.4) is 0 Å². The number of nitrogens with one attached hydrogen (secondary N) is 2. The van der Waals surface area contributed by atoms with E-state index in [2.05, 4.69) is 31.2 Å². The van der Waals surface area contributed by atoms with Crippen LogP contribution in [0.25, 0.3) is 11.3 Å². The Morgan fingerprint density at radius 3 is 2.82 bits per heavy atom. The number of benzene rings is 2. The number of thioether (sulfide) groups is 1. The first kappa shape index (κ1) is 18.9. The molecule has 1 aromatic heterocycles. The lowest BCUT2D eigenvalue weighted by Crippen LogP contribution is -2.41. The van der Waals surface area contributed by atoms with Crippen LogP contribution < -0.4 is 14.8 Å². The first-order chi connectivity index (χ1) is 13.7. The molecule has 0 spiro atoms. The van der Waals surface area contributed by atoms with Crippen LogP contribution in [0, 0.1) is 0 Å². The molecule has 0 aliphatic carbocycles. The second-order valence-electron chi connectivity index (χ2n) is 6.20. The molecule has 1 amide bonds. The first-order valence-electron chi connectivity index (χ1n) is 8.76. The summed E-state index contributed by atoms with van der Waals surface area (Å²) in [5.41, 5.74) is 1.96. The number of para-hydroxylation sites is 2. The van der Waals surface area contributed by atoms with E-state index >= 15 is 0 Å². The zero-order valence-corrected chi connectivity index (χ0v) is 17.3. The van der Waals surface area contributed by atoms with Gasteiger partial charge in [0, 0.05) is 4.47 Å². The molecular formula is C20H18BrN3O3S. The Morgan fingerprint density at radius 1 is 1.21 bits per heavy atom. The van der Waals surface area contributed by atoms with Crippen LogP contribution in [0.1, 0.15) is 0 Å². The second-order valence-corrected chi connectivity index (χ2v) is 8.08. The van der Waals surface area contributed by atoms with Crippen LogP contribution in [0.4, 0.5) is 0 Å². The Labute approximate surface area is 175 Å². The number of H-pyrrole nitrogens is 1. The van der Waals surface area contributed by atoms with Crippen molar-refractivity contribution in [3.63, 3.8) is 0 Å². The van der Waals surface area contributed by atoms with Gasteiger partial charge in [-0.2, -0.15) is 0 Å². The molecule has 0 radical (unpaired) electrons. The van der Waals surface area contributed by atoms with Crippen LogP contribution >= 0.6 is 27.7 Å². The summed E-state index contributed by atoms with van der Waals surface area (Å²) in [6, 6.07) is 15.5. The molecule has 2 N–H and O–H groups in total. The normalized spacial score (nSPS) is 15.2. The lowest BCUT2D eigenvalue weighted by atomic mass is 10.2. The van der Waals surface area contributed by atoms with E-state index in [0.717, 1.165) is 21.5 Å². The standard InChI is InChI=1S/C20H18BrN3O3S/c21-14-7-5-13(6-8-14)16-10-23-20(24-16)28-12-19(25)22-9-15-11-26-17-3-1-2-4-18(17)27-15/h1-8,10,15H,9,11-12H2,(H,22,25)(H,23,24). The lowest BCUT2D eigenvalue weighted by molar-refractivity contribution is -0.119. The minimum atomic E-state index is -0.198. The molecule has 2 heterocycles. The van der Waals surface area contributed by atoms with Crippen LogP contribution in [-0.4, -0.2) is 40.9 Å². The molecule has 0 saturated heterocycles. The second kappa shape index (κ2) is 8.70. The Balaban J connectivity index is 1.24. The van der Waals surface area contributed by atoms with Crippen molar-refractivity contribution in [2.75, 3.05) is 18.9 Å². The summed E-state index contributed by atoms with van der Waals surface area (Å²) in [6.45, 7) is 0.815. The quantitative estimate of drug-likeness (QED) is 0.546. The number of imidazole rings is 1. The number of carbonyl (C=O) groups is 1. The van der Waals surface area contributed by atoms with Gasteiger partial charge in [-0.25, -0.2) is 4.98 Å². The topological polar surface area (TPSA) is 76.2 Å². The molecule has 0 fully saturated rings. The molecule has 1 aliphatic rings. The number of carbonyl (C=O) groups excluding carboxylic acids is 1. The van der Waals surface area contributed by atoms with E-state index in [1.807, 2.05) is 48.5 Å². The van der Waals surface area contributed by atoms with Gasteiger partial charge in [-0.3, -0.25) is 4.79 Å². The Kier molecular flexibility index (Phi) is 5.87. The number of fused-ring (bicyclic) bond motifs is 1. The van der Waals surface area contributed by atoms with E-state index in [1.54, 1.807) is 6.20 Å². The maximum Gasteiger partial charge on any atom is 0.230 e. The van der Waals surface area contributed by atoms with Gasteiger partial charge < -0.3 is 19.8 Å². The smallest absolute Gasteiger partial charge is 0.230 e. The Bertz CT molecular complexity index is 961. The van der Waals surface area contributed by atoms with Crippen molar-refractivity contribution < 1.29 is 14.3 Å². The predicted molar refractivity (Wildman–Crippen MR) is 112 cm³/mol. The number of hydrogen-bond donors (Lipinski definition) is 2. The Morgan fingerprint density at radius 2 is 2.00 bits per heavy atom. The summed E-state index contributed by atoms with van der Waals surface area (Å²) in [5, 5.41) is 3.59. The maximum atomic E-state index is 12.1. The number of aromatic nitrogens is 2. The average Bonchev–Trinajstić information content (AvgIpc) is 3.20. The van der Waals surface area contributed by atoms with Crippen LogP contribution in [0.5, 0.6) is 11.5 Å². The molecule has 0 bridgehead atoms. The Hall–Kier alpha value is -2.45. The molecule has 1 unspecified atom stereocenters. The van der Waals surface area contributed by atoms with Gasteiger partial charge in [0.2, 0.25) is 5.91 Å². The fraction of sp³-hybridized carbons (Fsp3) is 0.200. The highest BCUT2D eigenvalue weighted by atomic mass is 79.9. The van der Waals surface area contributed by atoms with Gasteiger partial charge in [0.15, 0.2) is 16.7 Å². The number of rotatable bonds is 6. The zero-order chi connectivity index (χ0) is 19.3. The van der Waals surface area contributed by atoms with E-state index in [9.17, 15) is 4.79 Å². The summed E-state index contributed by atoms with van der Waals surface area (Å²) < 4.78 is 12.5. The first-order valence-corrected chi connectivity index (χ1v) is 10.5. The number of hydrogen-bond acceptors (Lipinski definition) is 5. The number of amides is 1. The number of ether oxygens (including phenoxy) is 2. The van der Waals surface area contributed by atoms with Gasteiger partial charge in [-0.15, -0.1) is 0 Å². The van der Waals surface area contributed by atoms with Gasteiger partial charge >= 0.3 is 0 Å². The third-order valence-corrected chi connectivity index (χ3v) is 5.56. The van der Waals surface area contributed by atoms with E-state index in [0.29, 0.717) is 24.1 Å². The number of aromatic amines is 1. The van der Waals surface area contributed by atoms with E-state index < -0.39 is 0 Å². The molecular weight excluding hydrogens is 442 g/mol. The van der Waals surface area contributed by atoms with Crippen LogP contribution in [0.2, 0.25) is 0 Å². The van der Waals surface area contributed by atoms with Crippen molar-refractivity contribution in [3.05, 3.63) is 59.2 Å². The molecule has 1 atom stereocenters. The summed E-state index contributed by atoms with van der Waals surface area (Å²) in [5.74, 6) is 1.64. The van der Waals surface area contributed by atoms with Crippen LogP contribution in [0.15, 0.2) is 64.4 Å². The van der Waals surface area contributed by atoms with Crippen molar-refractivity contribution >= 4 is 33.6 Å². The SMILES string of the molecule is O=C(CSc1ncc(-c2ccc(Br)cc2)[nH]1)NCC1COc2ccccc2O1. The molecule has 2 aromatic carbocycles. The minimum Gasteiger partial charge on any atom is -0.486 e. The van der Waals surface area contributed by atoms with Gasteiger partial charge in [0.1, 0.15) is 12.7 Å². The predicted octanol–water partition coefficient (Wildman–Crippen LogP) is 3.89. The molecule has 8 heteroatoms. The monoisotopic (exact) mass is 459 g/mol. The molecule has 4 rings (SSSR count). The van der Waals surface area contributed by atoms with Crippen molar-refractivity contribution in [2.24, 2.45) is 0 Å². The summed E-state index contributed by atoms with van der Waals surface area (Å²) in [4.78, 5) is 19.7. The highest BCUT2D eigenvalue weighted by Crippen LogP contribution is 2.30. The van der Waals surface area contributed by atoms with Crippen molar-refractivity contribution in [1.82, 2.24) is 15.3 Å². The van der Waals surface area contributed by atoms with Gasteiger partial charge in [0.25, 0.3) is 0 Å². The van der Waals surface area contributed by atoms with E-state index in [-0.39, 0.29) is 17.8 Å². The van der Waals surface area contributed by atoms with Gasteiger partial charge in [0.05, 0.1) is 24.2 Å². The van der Waals surface area contributed by atoms with E-state index in [4.69, 9.17) is 9.47 Å². The summed E-state index contributed by atoms with van der Waals surface area (Å²) >= 11 is 4.79. The molecule has 1 aliphatic heterocycles. The minimum absolute atomic E-state index is 0.0750. The fourth-order valence-corrected chi connectivity index (χ4v) is 3.67. The molecule has 6 nitrogen and oxygen atoms in total. The zero-order valence-electron chi connectivity index (χ0n) is 14.9. The van der Waals surface area contributed by atoms with Gasteiger partial charge in [-0.1, -0.05) is 52.0 Å². The molecule has 3 aromatic rings. The largest absolute Gasteiger partial charge is 0.486 e. The van der Waals surface area contributed by atoms with Crippen molar-refractivity contribution in [1.29, 1.82) is 0 Å². The summed E-state index contributed by atoms with van der Waals surface area (Å²) in [6.07, 6.45) is 1.57. The molecule has 0 saturated carbocycles. The van der Waals surface area contributed by atoms with Crippen LogP contribution in [-0.2, 0) is 4.79 Å². The van der Waals surface area contributed by atoms with Gasteiger partial charge in [-0.05, 0) is 29.8 Å². The fourth-order valence-electron chi connectivity index (χ4n) is 2.73. The third-order valence-electron chi connectivity index (χ3n) is 4.14. The average molecular weight is 460 g/mol. The number of nitrogens with zero attached hydrogens (tertiary/aromatic N) is 1.